The average molecular weight is 411 g/mol. The largest absolute Gasteiger partial charge is 0.476 e. The van der Waals surface area contributed by atoms with E-state index in [0.29, 0.717) is 31.6 Å². The minimum atomic E-state index is -0.882. The Balaban J connectivity index is 1.71. The van der Waals surface area contributed by atoms with E-state index in [1.165, 1.54) is 0 Å². The predicted molar refractivity (Wildman–Crippen MR) is 105 cm³/mol. The van der Waals surface area contributed by atoms with E-state index < -0.39 is 6.86 Å². The van der Waals surface area contributed by atoms with Crippen LogP contribution in [-0.4, -0.2) is 76.5 Å². The summed E-state index contributed by atoms with van der Waals surface area (Å²) in [4.78, 5) is 19.3. The van der Waals surface area contributed by atoms with Crippen LogP contribution in [0.4, 0.5) is 10.1 Å². The van der Waals surface area contributed by atoms with Crippen LogP contribution in [0.5, 0.6) is 5.88 Å². The fourth-order valence-corrected chi connectivity index (χ4v) is 3.08. The first kappa shape index (κ1) is 21.7. The van der Waals surface area contributed by atoms with Crippen molar-refractivity contribution < 1.29 is 28.1 Å². The van der Waals surface area contributed by atoms with Gasteiger partial charge in [0.1, 0.15) is 11.4 Å². The van der Waals surface area contributed by atoms with Crippen molar-refractivity contribution in [2.24, 2.45) is 11.8 Å². The molecule has 2 aliphatic heterocycles. The molecule has 0 bridgehead atoms. The lowest BCUT2D eigenvalue weighted by atomic mass is 10.1. The van der Waals surface area contributed by atoms with Gasteiger partial charge in [-0.15, -0.1) is 0 Å². The molecule has 2 saturated heterocycles. The third-order valence-corrected chi connectivity index (χ3v) is 5.25. The Labute approximate surface area is 170 Å². The van der Waals surface area contributed by atoms with Gasteiger partial charge in [0.15, 0.2) is 6.86 Å². The molecule has 3 heterocycles. The zero-order valence-electron chi connectivity index (χ0n) is 17.2. The molecule has 162 valence electrons. The number of methoxy groups -OCH3 is 1. The Kier molecular flexibility index (Phi) is 7.63. The van der Waals surface area contributed by atoms with Crippen LogP contribution < -0.4 is 15.0 Å². The summed E-state index contributed by atoms with van der Waals surface area (Å²) in [5.74, 6) is 0.521. The van der Waals surface area contributed by atoms with Crippen LogP contribution in [0.25, 0.3) is 0 Å². The predicted octanol–water partition coefficient (Wildman–Crippen LogP) is 1.64. The highest BCUT2D eigenvalue weighted by molar-refractivity contribution is 5.93. The van der Waals surface area contributed by atoms with Crippen molar-refractivity contribution in [2.45, 2.75) is 26.0 Å². The summed E-state index contributed by atoms with van der Waals surface area (Å²) in [6.07, 6.45) is 0.188. The van der Waals surface area contributed by atoms with Crippen molar-refractivity contribution in [3.05, 3.63) is 17.8 Å². The van der Waals surface area contributed by atoms with Gasteiger partial charge in [-0.1, -0.05) is 13.8 Å². The number of ether oxygens (including phenoxy) is 4. The minimum Gasteiger partial charge on any atom is -0.476 e. The number of nitrogens with one attached hydrogen (secondary N) is 1. The third kappa shape index (κ3) is 5.55. The highest BCUT2D eigenvalue weighted by Gasteiger charge is 2.30. The summed E-state index contributed by atoms with van der Waals surface area (Å²) in [7, 11) is 1.69. The number of carbonyl (C=O) groups excluding carboxylic acids is 1. The summed E-state index contributed by atoms with van der Waals surface area (Å²) in [5, 5.41) is 2.87. The van der Waals surface area contributed by atoms with Crippen molar-refractivity contribution in [2.75, 3.05) is 58.4 Å². The first-order chi connectivity index (χ1) is 14.0. The fourth-order valence-electron chi connectivity index (χ4n) is 3.08. The Morgan fingerprint density at radius 2 is 2.14 bits per heavy atom. The molecule has 1 amide bonds. The molecule has 29 heavy (non-hydrogen) atoms. The molecule has 0 aliphatic carbocycles. The number of hydrogen-bond acceptors (Lipinski definition) is 7. The van der Waals surface area contributed by atoms with Crippen molar-refractivity contribution in [3.8, 4) is 5.88 Å². The fraction of sp³-hybridized carbons (Fsp3) is 0.700. The minimum absolute atomic E-state index is 0.0891. The molecule has 0 unspecified atom stereocenters. The normalized spacial score (nSPS) is 18.3. The molecule has 0 spiro atoms. The second-order valence-corrected chi connectivity index (χ2v) is 7.80. The van der Waals surface area contributed by atoms with E-state index in [9.17, 15) is 9.18 Å². The van der Waals surface area contributed by atoms with Crippen LogP contribution in [-0.2, 0) is 14.2 Å². The standard InChI is InChI=1S/C20H30FN3O5/c1-13(2)17(11-28-12-21)22-19(25)16-4-5-18(24-6-15(7-24)26-3)20(23-16)29-10-14-8-27-9-14/h4-5,13-15,17H,6-12H2,1-3H3,(H,22,25)/t17-/m1/s1. The third-order valence-electron chi connectivity index (χ3n) is 5.25. The number of carbonyl (C=O) groups is 1. The van der Waals surface area contributed by atoms with Crippen molar-refractivity contribution in [1.82, 2.24) is 10.3 Å². The Morgan fingerprint density at radius 1 is 1.38 bits per heavy atom. The molecule has 8 nitrogen and oxygen atoms in total. The molecule has 2 fully saturated rings. The number of halogens is 1. The number of hydrogen-bond donors (Lipinski definition) is 1. The van der Waals surface area contributed by atoms with Gasteiger partial charge in [0, 0.05) is 26.1 Å². The number of rotatable bonds is 11. The van der Waals surface area contributed by atoms with Crippen molar-refractivity contribution >= 4 is 11.6 Å². The highest BCUT2D eigenvalue weighted by atomic mass is 19.1. The number of amides is 1. The number of aromatic nitrogens is 1. The van der Waals surface area contributed by atoms with E-state index in [1.54, 1.807) is 13.2 Å². The SMILES string of the molecule is COC1CN(c2ccc(C(=O)N[C@H](COCF)C(C)C)nc2OCC2COC2)C1. The van der Waals surface area contributed by atoms with E-state index in [0.717, 1.165) is 18.8 Å². The summed E-state index contributed by atoms with van der Waals surface area (Å²) < 4.78 is 33.7. The van der Waals surface area contributed by atoms with E-state index in [-0.39, 0.29) is 36.3 Å². The molecular formula is C20H30FN3O5. The van der Waals surface area contributed by atoms with E-state index >= 15 is 0 Å². The molecule has 0 aromatic carbocycles. The first-order valence-corrected chi connectivity index (χ1v) is 9.95. The summed E-state index contributed by atoms with van der Waals surface area (Å²) in [6.45, 7) is 6.45. The lowest BCUT2D eigenvalue weighted by molar-refractivity contribution is -0.0514. The molecule has 9 heteroatoms. The Morgan fingerprint density at radius 3 is 2.72 bits per heavy atom. The smallest absolute Gasteiger partial charge is 0.270 e. The van der Waals surface area contributed by atoms with Crippen LogP contribution in [0.3, 0.4) is 0 Å². The Hall–Kier alpha value is -1.97. The van der Waals surface area contributed by atoms with Crippen molar-refractivity contribution in [3.63, 3.8) is 0 Å². The van der Waals surface area contributed by atoms with Gasteiger partial charge in [-0.05, 0) is 18.1 Å². The zero-order chi connectivity index (χ0) is 20.8. The van der Waals surface area contributed by atoms with Crippen LogP contribution in [0.2, 0.25) is 0 Å². The van der Waals surface area contributed by atoms with Gasteiger partial charge in [0.25, 0.3) is 5.91 Å². The van der Waals surface area contributed by atoms with Gasteiger partial charge < -0.3 is 29.2 Å². The molecule has 2 aliphatic rings. The second kappa shape index (κ2) is 10.2. The number of nitrogens with zero attached hydrogens (tertiary/aromatic N) is 2. The van der Waals surface area contributed by atoms with Gasteiger partial charge in [-0.3, -0.25) is 4.79 Å². The monoisotopic (exact) mass is 411 g/mol. The molecule has 1 aromatic rings. The van der Waals surface area contributed by atoms with Gasteiger partial charge in [-0.25, -0.2) is 9.37 Å². The van der Waals surface area contributed by atoms with E-state index in [2.05, 4.69) is 15.2 Å². The number of pyridine rings is 1. The first-order valence-electron chi connectivity index (χ1n) is 9.95. The topological polar surface area (TPSA) is 82.2 Å². The molecule has 0 saturated carbocycles. The quantitative estimate of drug-likeness (QED) is 0.593. The van der Waals surface area contributed by atoms with Gasteiger partial charge >= 0.3 is 0 Å². The highest BCUT2D eigenvalue weighted by Crippen LogP contribution is 2.31. The molecular weight excluding hydrogens is 381 g/mol. The molecule has 3 rings (SSSR count). The number of anilines is 1. The summed E-state index contributed by atoms with van der Waals surface area (Å²) in [5.41, 5.74) is 1.10. The molecule has 0 radical (unpaired) electrons. The maximum Gasteiger partial charge on any atom is 0.270 e. The average Bonchev–Trinajstić information content (AvgIpc) is 2.63. The molecule has 1 aromatic heterocycles. The van der Waals surface area contributed by atoms with Gasteiger partial charge in [-0.2, -0.15) is 0 Å². The van der Waals surface area contributed by atoms with Crippen LogP contribution in [0, 0.1) is 11.8 Å². The lowest BCUT2D eigenvalue weighted by Crippen LogP contribution is -2.52. The number of alkyl halides is 1. The van der Waals surface area contributed by atoms with E-state index in [4.69, 9.17) is 18.9 Å². The Bertz CT molecular complexity index is 680. The lowest BCUT2D eigenvalue weighted by Gasteiger charge is -2.40. The maximum atomic E-state index is 12.7. The van der Waals surface area contributed by atoms with Crippen LogP contribution in [0.15, 0.2) is 12.1 Å². The van der Waals surface area contributed by atoms with Gasteiger partial charge in [0.2, 0.25) is 5.88 Å². The summed E-state index contributed by atoms with van der Waals surface area (Å²) in [6, 6.07) is 3.22. The molecule has 1 N–H and O–H groups in total. The van der Waals surface area contributed by atoms with Gasteiger partial charge in [0.05, 0.1) is 38.6 Å². The summed E-state index contributed by atoms with van der Waals surface area (Å²) >= 11 is 0. The second-order valence-electron chi connectivity index (χ2n) is 7.80. The zero-order valence-corrected chi connectivity index (χ0v) is 17.2. The maximum absolute atomic E-state index is 12.7. The van der Waals surface area contributed by atoms with E-state index in [1.807, 2.05) is 19.9 Å². The molecule has 1 atom stereocenters. The van der Waals surface area contributed by atoms with Crippen LogP contribution >= 0.6 is 0 Å². The van der Waals surface area contributed by atoms with Crippen LogP contribution in [0.1, 0.15) is 24.3 Å². The van der Waals surface area contributed by atoms with Crippen molar-refractivity contribution in [1.29, 1.82) is 0 Å².